The lowest BCUT2D eigenvalue weighted by Gasteiger charge is -2.34. The molecule has 0 unspecified atom stereocenters. The van der Waals surface area contributed by atoms with Crippen molar-refractivity contribution in [1.82, 2.24) is 10.2 Å². The van der Waals surface area contributed by atoms with Crippen LogP contribution in [-0.2, 0) is 0 Å². The molecule has 1 N–H and O–H groups in total. The fraction of sp³-hybridized carbons (Fsp3) is 0.462. The van der Waals surface area contributed by atoms with Gasteiger partial charge in [-0.25, -0.2) is 4.39 Å². The fourth-order valence-corrected chi connectivity index (χ4v) is 2.65. The first kappa shape index (κ1) is 19.6. The number of piperazine rings is 1. The third-order valence-electron chi connectivity index (χ3n) is 3.21. The Hall–Kier alpha value is -0.380. The van der Waals surface area contributed by atoms with Gasteiger partial charge in [0.05, 0.1) is 17.0 Å². The van der Waals surface area contributed by atoms with E-state index in [9.17, 15) is 4.39 Å². The highest BCUT2D eigenvalue weighted by atomic mass is 79.9. The minimum atomic E-state index is -0.269. The standard InChI is InChI=1S/C13H15BrFN3.2ClH/c14-11-9-10(1-2-12(11)15)13(3-4-16)18-7-5-17-6-8-18;;/h1-2,9,13,17H,3,5-8H2;2*1H/t13-;;/m0../s1. The molecule has 0 aromatic heterocycles. The van der Waals surface area contributed by atoms with Crippen LogP contribution in [0, 0.1) is 17.1 Å². The van der Waals surface area contributed by atoms with E-state index >= 15 is 0 Å². The molecule has 1 aliphatic rings. The van der Waals surface area contributed by atoms with Crippen LogP contribution in [0.1, 0.15) is 18.0 Å². The number of nitriles is 1. The zero-order valence-corrected chi connectivity index (χ0v) is 14.0. The Morgan fingerprint density at radius 1 is 1.35 bits per heavy atom. The summed E-state index contributed by atoms with van der Waals surface area (Å²) >= 11 is 3.20. The van der Waals surface area contributed by atoms with Crippen molar-refractivity contribution >= 4 is 40.7 Å². The molecule has 1 aliphatic heterocycles. The Balaban J connectivity index is 0.00000180. The minimum Gasteiger partial charge on any atom is -0.314 e. The SMILES string of the molecule is Cl.Cl.N#CC[C@@H](c1ccc(F)c(Br)c1)N1CCNCC1. The van der Waals surface area contributed by atoms with Crippen LogP contribution < -0.4 is 5.32 Å². The van der Waals surface area contributed by atoms with Crippen LogP contribution in [0.2, 0.25) is 0 Å². The lowest BCUT2D eigenvalue weighted by molar-refractivity contribution is 0.175. The Bertz CT molecular complexity index is 461. The summed E-state index contributed by atoms with van der Waals surface area (Å²) < 4.78 is 13.7. The molecule has 1 aromatic carbocycles. The highest BCUT2D eigenvalue weighted by Crippen LogP contribution is 2.27. The lowest BCUT2D eigenvalue weighted by atomic mass is 10.0. The summed E-state index contributed by atoms with van der Waals surface area (Å²) in [5.74, 6) is -0.269. The topological polar surface area (TPSA) is 39.1 Å². The van der Waals surface area contributed by atoms with Crippen molar-refractivity contribution in [3.63, 3.8) is 0 Å². The van der Waals surface area contributed by atoms with Crippen molar-refractivity contribution in [3.05, 3.63) is 34.1 Å². The van der Waals surface area contributed by atoms with Crippen molar-refractivity contribution in [2.75, 3.05) is 26.2 Å². The number of benzene rings is 1. The molecule has 2 rings (SSSR count). The molecule has 0 saturated carbocycles. The molecule has 0 bridgehead atoms. The summed E-state index contributed by atoms with van der Waals surface area (Å²) in [6.45, 7) is 3.71. The third-order valence-corrected chi connectivity index (χ3v) is 3.81. The maximum absolute atomic E-state index is 13.3. The van der Waals surface area contributed by atoms with E-state index in [4.69, 9.17) is 5.26 Å². The second kappa shape index (κ2) is 9.54. The van der Waals surface area contributed by atoms with Crippen molar-refractivity contribution in [2.24, 2.45) is 0 Å². The highest BCUT2D eigenvalue weighted by molar-refractivity contribution is 9.10. The van der Waals surface area contributed by atoms with Gasteiger partial charge in [0.25, 0.3) is 0 Å². The smallest absolute Gasteiger partial charge is 0.137 e. The molecule has 7 heteroatoms. The molecule has 3 nitrogen and oxygen atoms in total. The van der Waals surface area contributed by atoms with E-state index in [1.165, 1.54) is 6.07 Å². The molecule has 1 heterocycles. The number of nitrogens with one attached hydrogen (secondary N) is 1. The monoisotopic (exact) mass is 383 g/mol. The van der Waals surface area contributed by atoms with Crippen LogP contribution in [0.5, 0.6) is 0 Å². The molecule has 20 heavy (non-hydrogen) atoms. The number of rotatable bonds is 3. The minimum absolute atomic E-state index is 0. The zero-order chi connectivity index (χ0) is 13.0. The summed E-state index contributed by atoms with van der Waals surface area (Å²) in [5, 5.41) is 12.3. The summed E-state index contributed by atoms with van der Waals surface area (Å²) in [4.78, 5) is 2.28. The summed E-state index contributed by atoms with van der Waals surface area (Å²) in [5.41, 5.74) is 0.992. The second-order valence-corrected chi connectivity index (χ2v) is 5.19. The summed E-state index contributed by atoms with van der Waals surface area (Å²) in [6.07, 6.45) is 0.429. The van der Waals surface area contributed by atoms with Gasteiger partial charge < -0.3 is 5.32 Å². The van der Waals surface area contributed by atoms with E-state index in [1.54, 1.807) is 12.1 Å². The van der Waals surface area contributed by atoms with Gasteiger partial charge in [-0.3, -0.25) is 4.90 Å². The normalized spacial score (nSPS) is 16.4. The van der Waals surface area contributed by atoms with Crippen LogP contribution in [0.3, 0.4) is 0 Å². The van der Waals surface area contributed by atoms with Gasteiger partial charge in [0.1, 0.15) is 5.82 Å². The van der Waals surface area contributed by atoms with E-state index in [-0.39, 0.29) is 36.7 Å². The van der Waals surface area contributed by atoms with Crippen LogP contribution in [-0.4, -0.2) is 31.1 Å². The van der Waals surface area contributed by atoms with Gasteiger partial charge in [-0.05, 0) is 33.6 Å². The molecule has 0 aliphatic carbocycles. The van der Waals surface area contributed by atoms with Gasteiger partial charge >= 0.3 is 0 Å². The number of hydrogen-bond donors (Lipinski definition) is 1. The predicted molar refractivity (Wildman–Crippen MR) is 86.0 cm³/mol. The van der Waals surface area contributed by atoms with Crippen LogP contribution >= 0.6 is 40.7 Å². The average Bonchev–Trinajstić information content (AvgIpc) is 2.40. The van der Waals surface area contributed by atoms with E-state index in [0.717, 1.165) is 31.7 Å². The van der Waals surface area contributed by atoms with Gasteiger partial charge in [0.15, 0.2) is 0 Å². The molecule has 1 saturated heterocycles. The molecular formula is C13H17BrCl2FN3. The van der Waals surface area contributed by atoms with Crippen LogP contribution in [0.4, 0.5) is 4.39 Å². The van der Waals surface area contributed by atoms with Gasteiger partial charge in [-0.2, -0.15) is 5.26 Å². The van der Waals surface area contributed by atoms with Gasteiger partial charge in [0, 0.05) is 32.2 Å². The van der Waals surface area contributed by atoms with Crippen molar-refractivity contribution < 1.29 is 4.39 Å². The molecular weight excluding hydrogens is 368 g/mol. The van der Waals surface area contributed by atoms with Crippen LogP contribution in [0.25, 0.3) is 0 Å². The van der Waals surface area contributed by atoms with Gasteiger partial charge in [-0.1, -0.05) is 6.07 Å². The van der Waals surface area contributed by atoms with Crippen LogP contribution in [0.15, 0.2) is 22.7 Å². The lowest BCUT2D eigenvalue weighted by Crippen LogP contribution is -2.45. The fourth-order valence-electron chi connectivity index (χ4n) is 2.26. The van der Waals surface area contributed by atoms with Crippen molar-refractivity contribution in [3.8, 4) is 6.07 Å². The molecule has 0 amide bonds. The first-order valence-corrected chi connectivity index (χ1v) is 6.78. The van der Waals surface area contributed by atoms with Gasteiger partial charge in [0.2, 0.25) is 0 Å². The maximum atomic E-state index is 13.3. The quantitative estimate of drug-likeness (QED) is 0.868. The summed E-state index contributed by atoms with van der Waals surface area (Å²) in [6, 6.07) is 7.27. The molecule has 1 atom stereocenters. The van der Waals surface area contributed by atoms with Gasteiger partial charge in [-0.15, -0.1) is 24.8 Å². The highest BCUT2D eigenvalue weighted by Gasteiger charge is 2.22. The number of halogens is 4. The zero-order valence-electron chi connectivity index (χ0n) is 10.8. The first-order valence-electron chi connectivity index (χ1n) is 5.99. The Morgan fingerprint density at radius 2 is 2.00 bits per heavy atom. The van der Waals surface area contributed by atoms with Crippen molar-refractivity contribution in [1.29, 1.82) is 5.26 Å². The molecule has 0 radical (unpaired) electrons. The predicted octanol–water partition coefficient (Wildman–Crippen LogP) is 3.29. The Labute approximate surface area is 139 Å². The summed E-state index contributed by atoms with van der Waals surface area (Å²) in [7, 11) is 0. The molecule has 0 spiro atoms. The molecule has 112 valence electrons. The van der Waals surface area contributed by atoms with E-state index < -0.39 is 0 Å². The maximum Gasteiger partial charge on any atom is 0.137 e. The number of nitrogens with zero attached hydrogens (tertiary/aromatic N) is 2. The number of hydrogen-bond acceptors (Lipinski definition) is 3. The van der Waals surface area contributed by atoms with Crippen molar-refractivity contribution in [2.45, 2.75) is 12.5 Å². The largest absolute Gasteiger partial charge is 0.314 e. The first-order chi connectivity index (χ1) is 8.72. The average molecular weight is 385 g/mol. The molecule has 1 aromatic rings. The molecule has 1 fully saturated rings. The van der Waals surface area contributed by atoms with E-state index in [1.807, 2.05) is 0 Å². The second-order valence-electron chi connectivity index (χ2n) is 4.34. The van der Waals surface area contributed by atoms with E-state index in [2.05, 4.69) is 32.2 Å². The van der Waals surface area contributed by atoms with E-state index in [0.29, 0.717) is 10.9 Å². The Kier molecular flexibility index (Phi) is 9.36. The Morgan fingerprint density at radius 3 is 2.55 bits per heavy atom. The third kappa shape index (κ3) is 4.87.